The molecule has 18 heavy (non-hydrogen) atoms. The van der Waals surface area contributed by atoms with Crippen molar-refractivity contribution in [2.24, 2.45) is 0 Å². The average molecular weight is 246 g/mol. The number of likely N-dealkylation sites (tertiary alicyclic amines) is 1. The molecule has 0 N–H and O–H groups in total. The van der Waals surface area contributed by atoms with Crippen molar-refractivity contribution in [3.63, 3.8) is 0 Å². The van der Waals surface area contributed by atoms with E-state index in [-0.39, 0.29) is 12.0 Å². The smallest absolute Gasteiger partial charge is 0.246 e. The molecule has 96 valence electrons. The maximum absolute atomic E-state index is 11.7. The number of amides is 1. The summed E-state index contributed by atoms with van der Waals surface area (Å²) in [5, 5.41) is 0. The third-order valence-corrected chi connectivity index (χ3v) is 2.94. The highest BCUT2D eigenvalue weighted by Crippen LogP contribution is 2.16. The highest BCUT2D eigenvalue weighted by molar-refractivity contribution is 5.87. The molecule has 1 aromatic rings. The predicted octanol–water partition coefficient (Wildman–Crippen LogP) is 1.95. The van der Waals surface area contributed by atoms with Gasteiger partial charge in [-0.25, -0.2) is 4.98 Å². The third kappa shape index (κ3) is 3.09. The lowest BCUT2D eigenvalue weighted by Gasteiger charge is -2.15. The number of aromatic nitrogens is 1. The van der Waals surface area contributed by atoms with Crippen molar-refractivity contribution in [2.75, 3.05) is 13.1 Å². The van der Waals surface area contributed by atoms with Gasteiger partial charge in [-0.15, -0.1) is 0 Å². The average Bonchev–Trinajstić information content (AvgIpc) is 2.81. The highest BCUT2D eigenvalue weighted by atomic mass is 16.5. The lowest BCUT2D eigenvalue weighted by atomic mass is 10.3. The minimum atomic E-state index is 0.0504. The van der Waals surface area contributed by atoms with E-state index in [4.69, 9.17) is 4.74 Å². The molecule has 0 radical (unpaired) electrons. The summed E-state index contributed by atoms with van der Waals surface area (Å²) in [6.45, 7) is 5.22. The van der Waals surface area contributed by atoms with Gasteiger partial charge in [0.2, 0.25) is 11.8 Å². The summed E-state index contributed by atoms with van der Waals surface area (Å²) >= 11 is 0. The second-order valence-electron chi connectivity index (χ2n) is 4.49. The van der Waals surface area contributed by atoms with Crippen LogP contribution in [0.3, 0.4) is 0 Å². The molecule has 0 unspecified atom stereocenters. The van der Waals surface area contributed by atoms with Crippen LogP contribution in [-0.4, -0.2) is 35.0 Å². The van der Waals surface area contributed by atoms with E-state index in [0.717, 1.165) is 18.5 Å². The van der Waals surface area contributed by atoms with Crippen molar-refractivity contribution in [2.45, 2.75) is 26.4 Å². The number of aryl methyl sites for hydroxylation is 1. The van der Waals surface area contributed by atoms with Crippen LogP contribution < -0.4 is 4.74 Å². The molecule has 2 rings (SSSR count). The van der Waals surface area contributed by atoms with E-state index in [9.17, 15) is 4.79 Å². The fourth-order valence-electron chi connectivity index (χ4n) is 1.97. The van der Waals surface area contributed by atoms with Crippen LogP contribution in [0.2, 0.25) is 0 Å². The maximum Gasteiger partial charge on any atom is 0.246 e. The Morgan fingerprint density at radius 3 is 3.06 bits per heavy atom. The van der Waals surface area contributed by atoms with Gasteiger partial charge in [0.25, 0.3) is 0 Å². The molecule has 0 spiro atoms. The maximum atomic E-state index is 11.7. The molecular weight excluding hydrogens is 228 g/mol. The number of pyridine rings is 1. The highest BCUT2D eigenvalue weighted by Gasteiger charge is 2.26. The Balaban J connectivity index is 1.89. The molecule has 0 bridgehead atoms. The van der Waals surface area contributed by atoms with E-state index in [1.165, 1.54) is 0 Å². The first-order chi connectivity index (χ1) is 8.69. The topological polar surface area (TPSA) is 42.4 Å². The van der Waals surface area contributed by atoms with Gasteiger partial charge in [0.1, 0.15) is 6.10 Å². The number of hydrogen-bond donors (Lipinski definition) is 0. The van der Waals surface area contributed by atoms with E-state index < -0.39 is 0 Å². The van der Waals surface area contributed by atoms with Crippen molar-refractivity contribution in [1.29, 1.82) is 0 Å². The molecule has 1 amide bonds. The van der Waals surface area contributed by atoms with Gasteiger partial charge >= 0.3 is 0 Å². The molecule has 1 saturated heterocycles. The van der Waals surface area contributed by atoms with Gasteiger partial charge in [-0.2, -0.15) is 0 Å². The number of carbonyl (C=O) groups is 1. The summed E-state index contributed by atoms with van der Waals surface area (Å²) < 4.78 is 5.76. The predicted molar refractivity (Wildman–Crippen MR) is 69.4 cm³/mol. The zero-order valence-corrected chi connectivity index (χ0v) is 10.8. The first kappa shape index (κ1) is 12.6. The van der Waals surface area contributed by atoms with E-state index in [0.29, 0.717) is 12.4 Å². The quantitative estimate of drug-likeness (QED) is 0.765. The lowest BCUT2D eigenvalue weighted by molar-refractivity contribution is -0.125. The van der Waals surface area contributed by atoms with Crippen molar-refractivity contribution in [3.8, 4) is 5.88 Å². The second kappa shape index (κ2) is 5.67. The fourth-order valence-corrected chi connectivity index (χ4v) is 1.97. The SMILES string of the molecule is C/C=C/C(=O)N1CC[C@@H](Oc2ccc(C)cn2)C1. The third-order valence-electron chi connectivity index (χ3n) is 2.94. The molecule has 4 heteroatoms. The molecule has 4 nitrogen and oxygen atoms in total. The zero-order chi connectivity index (χ0) is 13.0. The largest absolute Gasteiger partial charge is 0.472 e. The summed E-state index contributed by atoms with van der Waals surface area (Å²) in [5.41, 5.74) is 1.11. The van der Waals surface area contributed by atoms with E-state index in [1.807, 2.05) is 26.0 Å². The van der Waals surface area contributed by atoms with Crippen LogP contribution in [0.5, 0.6) is 5.88 Å². The molecule has 1 aromatic heterocycles. The summed E-state index contributed by atoms with van der Waals surface area (Å²) in [7, 11) is 0. The summed E-state index contributed by atoms with van der Waals surface area (Å²) in [5.74, 6) is 0.686. The number of ether oxygens (including phenoxy) is 1. The first-order valence-corrected chi connectivity index (χ1v) is 6.20. The van der Waals surface area contributed by atoms with Gasteiger partial charge in [-0.3, -0.25) is 4.79 Å². The molecule has 0 saturated carbocycles. The Bertz CT molecular complexity index is 440. The van der Waals surface area contributed by atoms with Gasteiger partial charge in [-0.1, -0.05) is 12.1 Å². The Morgan fingerprint density at radius 1 is 1.56 bits per heavy atom. The molecule has 2 heterocycles. The van der Waals surface area contributed by atoms with Crippen molar-refractivity contribution in [1.82, 2.24) is 9.88 Å². The lowest BCUT2D eigenvalue weighted by Crippen LogP contribution is -2.29. The first-order valence-electron chi connectivity index (χ1n) is 6.20. The van der Waals surface area contributed by atoms with E-state index in [1.54, 1.807) is 23.2 Å². The van der Waals surface area contributed by atoms with Crippen molar-refractivity contribution < 1.29 is 9.53 Å². The van der Waals surface area contributed by atoms with Crippen LogP contribution in [0.4, 0.5) is 0 Å². The number of hydrogen-bond acceptors (Lipinski definition) is 3. The Hall–Kier alpha value is -1.84. The monoisotopic (exact) mass is 246 g/mol. The molecule has 0 aliphatic carbocycles. The van der Waals surface area contributed by atoms with Crippen LogP contribution in [0.1, 0.15) is 18.9 Å². The van der Waals surface area contributed by atoms with Gasteiger partial charge in [-0.05, 0) is 25.5 Å². The number of rotatable bonds is 3. The molecule has 0 aromatic carbocycles. The van der Waals surface area contributed by atoms with Crippen LogP contribution in [0.25, 0.3) is 0 Å². The van der Waals surface area contributed by atoms with E-state index >= 15 is 0 Å². The van der Waals surface area contributed by atoms with E-state index in [2.05, 4.69) is 4.98 Å². The normalized spacial score (nSPS) is 19.4. The van der Waals surface area contributed by atoms with Crippen molar-refractivity contribution >= 4 is 5.91 Å². The van der Waals surface area contributed by atoms with Gasteiger partial charge in [0.15, 0.2) is 0 Å². The Kier molecular flexibility index (Phi) is 3.97. The molecule has 1 atom stereocenters. The van der Waals surface area contributed by atoms with Gasteiger partial charge in [0, 0.05) is 25.2 Å². The van der Waals surface area contributed by atoms with Gasteiger partial charge in [0.05, 0.1) is 6.54 Å². The fraction of sp³-hybridized carbons (Fsp3) is 0.429. The summed E-state index contributed by atoms with van der Waals surface area (Å²) in [6, 6.07) is 3.84. The minimum Gasteiger partial charge on any atom is -0.472 e. The number of carbonyl (C=O) groups excluding carboxylic acids is 1. The van der Waals surface area contributed by atoms with Crippen LogP contribution in [-0.2, 0) is 4.79 Å². The second-order valence-corrected chi connectivity index (χ2v) is 4.49. The van der Waals surface area contributed by atoms with Crippen LogP contribution in [0.15, 0.2) is 30.5 Å². The molecule has 1 fully saturated rings. The van der Waals surface area contributed by atoms with Crippen LogP contribution >= 0.6 is 0 Å². The molecule has 1 aliphatic heterocycles. The standard InChI is InChI=1S/C14H18N2O2/c1-3-4-14(17)16-8-7-12(10-16)18-13-6-5-11(2)9-15-13/h3-6,9,12H,7-8,10H2,1-2H3/b4-3+/t12-/m1/s1. The number of allylic oxidation sites excluding steroid dienone is 1. The van der Waals surface area contributed by atoms with Gasteiger partial charge < -0.3 is 9.64 Å². The molecule has 1 aliphatic rings. The van der Waals surface area contributed by atoms with Crippen LogP contribution in [0, 0.1) is 6.92 Å². The number of nitrogens with zero attached hydrogens (tertiary/aromatic N) is 2. The zero-order valence-electron chi connectivity index (χ0n) is 10.8. The summed E-state index contributed by atoms with van der Waals surface area (Å²) in [6.07, 6.45) is 6.05. The summed E-state index contributed by atoms with van der Waals surface area (Å²) in [4.78, 5) is 17.7. The molecular formula is C14H18N2O2. The Morgan fingerprint density at radius 2 is 2.39 bits per heavy atom. The Labute approximate surface area is 107 Å². The minimum absolute atomic E-state index is 0.0504. The van der Waals surface area contributed by atoms with Crippen molar-refractivity contribution in [3.05, 3.63) is 36.0 Å².